The zero-order chi connectivity index (χ0) is 28.0. The molecule has 211 valence electrons. The van der Waals surface area contributed by atoms with Gasteiger partial charge in [0.2, 0.25) is 0 Å². The molecule has 4 heterocycles. The van der Waals surface area contributed by atoms with E-state index in [2.05, 4.69) is 23.8 Å². The summed E-state index contributed by atoms with van der Waals surface area (Å²) in [6.45, 7) is -1.72. The van der Waals surface area contributed by atoms with Crippen LogP contribution in [0.1, 0.15) is 6.23 Å². The first-order chi connectivity index (χ1) is 17.7. The lowest BCUT2D eigenvalue weighted by atomic mass is 10.00. The summed E-state index contributed by atoms with van der Waals surface area (Å²) in [5, 5.41) is 59.3. The topological polar surface area (TPSA) is 294 Å². The minimum atomic E-state index is -5.69. The Kier molecular flexibility index (Phi) is 8.59. The van der Waals surface area contributed by atoms with E-state index in [-0.39, 0.29) is 17.0 Å². The number of hydrogen-bond acceptors (Lipinski definition) is 18. The molecule has 0 bridgehead atoms. The third-order valence-electron chi connectivity index (χ3n) is 5.71. The molecule has 0 aliphatic carbocycles. The molecule has 8 N–H and O–H groups in total. The quantitative estimate of drug-likeness (QED) is 0.108. The zero-order valence-electron chi connectivity index (χ0n) is 19.1. The smallest absolute Gasteiger partial charge is 0.274 e. The van der Waals surface area contributed by atoms with Crippen molar-refractivity contribution >= 4 is 39.8 Å². The van der Waals surface area contributed by atoms with Gasteiger partial charge in [-0.1, -0.05) is 0 Å². The standard InChI is InChI=1S/C16H24BN5O14P2/c17-37(29,36-38(30,31)35-16-12(28)10(26)8(24)5(1-23)34-16)32-2-6-9(25)11(27)15(33-6)22-4-21-7-13(18)19-3-20-14(7)22/h3-6,8-12,15-16,23-28H,1-2H2,(H,30,31)(H2,18,19,20)/q-1/p-1/t5?,6-,8-,9+,10+,11?,12?,15-,16+,37?/m1/s1. The van der Waals surface area contributed by atoms with Crippen LogP contribution in [0.2, 0.25) is 0 Å². The van der Waals surface area contributed by atoms with Gasteiger partial charge in [0.15, 0.2) is 24.0 Å². The molecule has 19 nitrogen and oxygen atoms in total. The molecule has 2 aromatic heterocycles. The van der Waals surface area contributed by atoms with Gasteiger partial charge in [0.25, 0.3) is 7.82 Å². The number of aliphatic hydroxyl groups is 6. The average Bonchev–Trinajstić information content (AvgIpc) is 3.39. The predicted molar refractivity (Wildman–Crippen MR) is 119 cm³/mol. The number of aliphatic hydroxyl groups excluding tert-OH is 6. The van der Waals surface area contributed by atoms with E-state index in [1.807, 2.05) is 0 Å². The van der Waals surface area contributed by atoms with Gasteiger partial charge in [-0.3, -0.25) is 18.0 Å². The van der Waals surface area contributed by atoms with Gasteiger partial charge in [-0.25, -0.2) is 15.0 Å². The van der Waals surface area contributed by atoms with Crippen molar-refractivity contribution in [1.29, 1.82) is 0 Å². The Morgan fingerprint density at radius 2 is 1.71 bits per heavy atom. The van der Waals surface area contributed by atoms with Crippen molar-refractivity contribution in [2.45, 2.75) is 55.2 Å². The van der Waals surface area contributed by atoms with Gasteiger partial charge in [-0.05, 0) is 0 Å². The summed E-state index contributed by atoms with van der Waals surface area (Å²) in [6.07, 6.45) is -13.1. The maximum absolute atomic E-state index is 12.5. The van der Waals surface area contributed by atoms with Crippen LogP contribution >= 0.6 is 15.3 Å². The molecule has 0 amide bonds. The normalized spacial score (nSPS) is 37.2. The molecule has 11 atom stereocenters. The summed E-state index contributed by atoms with van der Waals surface area (Å²) < 4.78 is 49.8. The number of nitrogens with zero attached hydrogens (tertiary/aromatic N) is 4. The van der Waals surface area contributed by atoms with Crippen LogP contribution in [-0.2, 0) is 32.0 Å². The third kappa shape index (κ3) is 5.93. The number of ether oxygens (including phenoxy) is 2. The van der Waals surface area contributed by atoms with E-state index in [4.69, 9.17) is 32.4 Å². The van der Waals surface area contributed by atoms with Crippen molar-refractivity contribution in [2.24, 2.45) is 0 Å². The number of hydrogen-bond donors (Lipinski definition) is 7. The number of phosphoric acid groups is 1. The predicted octanol–water partition coefficient (Wildman–Crippen LogP) is -4.38. The van der Waals surface area contributed by atoms with E-state index >= 15 is 0 Å². The Hall–Kier alpha value is -1.61. The molecule has 3 radical (unpaired) electrons. The Morgan fingerprint density at radius 1 is 1.03 bits per heavy atom. The van der Waals surface area contributed by atoms with E-state index in [0.29, 0.717) is 0 Å². The van der Waals surface area contributed by atoms with Crippen LogP contribution < -0.4 is 10.6 Å². The monoisotopic (exact) mass is 582 g/mol. The summed E-state index contributed by atoms with van der Waals surface area (Å²) in [6, 6.07) is 0. The minimum Gasteiger partial charge on any atom is -0.756 e. The van der Waals surface area contributed by atoms with Crippen LogP contribution in [0.15, 0.2) is 12.7 Å². The van der Waals surface area contributed by atoms with Gasteiger partial charge in [-0.2, -0.15) is 0 Å². The molecule has 2 fully saturated rings. The van der Waals surface area contributed by atoms with Gasteiger partial charge in [-0.15, -0.1) is 0 Å². The highest BCUT2D eigenvalue weighted by atomic mass is 31.3. The van der Waals surface area contributed by atoms with Gasteiger partial charge in [0, 0.05) is 0 Å². The molecule has 5 unspecified atom stereocenters. The fraction of sp³-hybridized carbons (Fsp3) is 0.688. The minimum absolute atomic E-state index is 0.0517. The Balaban J connectivity index is 1.38. The number of aromatic nitrogens is 4. The number of nitrogen functional groups attached to an aromatic ring is 1. The number of anilines is 1. The summed E-state index contributed by atoms with van der Waals surface area (Å²) in [4.78, 5) is 24.0. The Morgan fingerprint density at radius 3 is 2.39 bits per heavy atom. The van der Waals surface area contributed by atoms with Crippen LogP contribution in [0.4, 0.5) is 5.82 Å². The largest absolute Gasteiger partial charge is 0.756 e. The van der Waals surface area contributed by atoms with Crippen LogP contribution in [0.25, 0.3) is 11.2 Å². The molecule has 0 aromatic carbocycles. The van der Waals surface area contributed by atoms with E-state index in [1.165, 1.54) is 10.9 Å². The Labute approximate surface area is 214 Å². The zero-order valence-corrected chi connectivity index (χ0v) is 20.8. The first-order valence-electron chi connectivity index (χ1n) is 10.7. The number of fused-ring (bicyclic) bond motifs is 1. The lowest BCUT2D eigenvalue weighted by Crippen LogP contribution is -2.59. The summed E-state index contributed by atoms with van der Waals surface area (Å²) in [7, 11) is -5.39. The second-order valence-corrected chi connectivity index (χ2v) is 11.4. The average molecular weight is 582 g/mol. The fourth-order valence-corrected chi connectivity index (χ4v) is 6.04. The highest BCUT2D eigenvalue weighted by Crippen LogP contribution is 2.59. The van der Waals surface area contributed by atoms with Crippen molar-refractivity contribution in [2.75, 3.05) is 18.9 Å². The lowest BCUT2D eigenvalue weighted by Gasteiger charge is -2.42. The number of rotatable bonds is 9. The molecule has 38 heavy (non-hydrogen) atoms. The highest BCUT2D eigenvalue weighted by Gasteiger charge is 2.46. The third-order valence-corrected chi connectivity index (χ3v) is 8.40. The van der Waals surface area contributed by atoms with Crippen LogP contribution in [0.5, 0.6) is 0 Å². The van der Waals surface area contributed by atoms with Gasteiger partial charge in [0.05, 0.1) is 27.0 Å². The maximum Gasteiger partial charge on any atom is 0.274 e. The molecule has 0 saturated carbocycles. The molecular formula is C16H23BN5O14P2-2. The molecule has 2 aliphatic rings. The van der Waals surface area contributed by atoms with Crippen molar-refractivity contribution in [3.05, 3.63) is 12.7 Å². The molecule has 22 heteroatoms. The highest BCUT2D eigenvalue weighted by molar-refractivity contribution is 7.83. The van der Waals surface area contributed by atoms with Crippen molar-refractivity contribution < 1.29 is 67.5 Å². The maximum atomic E-state index is 12.5. The number of phosphoric ester groups is 1. The number of imidazole rings is 1. The summed E-state index contributed by atoms with van der Waals surface area (Å²) >= 11 is 0. The summed E-state index contributed by atoms with van der Waals surface area (Å²) in [5.41, 5.74) is 6.09. The van der Waals surface area contributed by atoms with Crippen LogP contribution in [-0.4, -0.2) is 120 Å². The first kappa shape index (κ1) is 29.4. The SMILES string of the molecule is [B-]P(=O)(OC[C@H]1O[C@@H](n2cnc3c(N)ncnc32)C(O)[C@H]1O)OP(=O)([O-])O[C@@H]1OC(CO)[C@@H](O)[C@H](O)C1O. The number of nitrogens with two attached hydrogens (primary N) is 1. The van der Waals surface area contributed by atoms with E-state index < -0.39 is 83.8 Å². The second kappa shape index (κ2) is 11.1. The van der Waals surface area contributed by atoms with E-state index in [0.717, 1.165) is 6.33 Å². The molecular weight excluding hydrogens is 559 g/mol. The van der Waals surface area contributed by atoms with Crippen molar-refractivity contribution in [3.8, 4) is 0 Å². The molecule has 4 rings (SSSR count). The first-order valence-corrected chi connectivity index (χ1v) is 13.8. The molecule has 2 aromatic rings. The van der Waals surface area contributed by atoms with Gasteiger partial charge >= 0.3 is 0 Å². The van der Waals surface area contributed by atoms with Crippen molar-refractivity contribution in [3.63, 3.8) is 0 Å². The molecule has 0 spiro atoms. The fourth-order valence-electron chi connectivity index (χ4n) is 3.79. The van der Waals surface area contributed by atoms with Crippen LogP contribution in [0, 0.1) is 0 Å². The van der Waals surface area contributed by atoms with Crippen LogP contribution in [0.3, 0.4) is 0 Å². The lowest BCUT2D eigenvalue weighted by molar-refractivity contribution is -0.301. The molecule has 2 saturated heterocycles. The van der Waals surface area contributed by atoms with E-state index in [1.54, 1.807) is 0 Å². The molecule has 2 aliphatic heterocycles. The van der Waals surface area contributed by atoms with Gasteiger partial charge < -0.3 is 67.4 Å². The van der Waals surface area contributed by atoms with Crippen molar-refractivity contribution in [1.82, 2.24) is 19.5 Å². The second-order valence-electron chi connectivity index (χ2n) is 8.30. The Bertz CT molecular complexity index is 1240. The van der Waals surface area contributed by atoms with Gasteiger partial charge in [0.1, 0.15) is 54.6 Å². The summed E-state index contributed by atoms with van der Waals surface area (Å²) in [5.74, 6) is 0.0517. The van der Waals surface area contributed by atoms with E-state index in [9.17, 15) is 39.6 Å².